The van der Waals surface area contributed by atoms with Crippen molar-refractivity contribution in [2.45, 2.75) is 6.54 Å². The number of hydrogen-bond donors (Lipinski definition) is 1. The Balaban J connectivity index is 1.89. The molecule has 0 unspecified atom stereocenters. The van der Waals surface area contributed by atoms with Crippen LogP contribution in [0.1, 0.15) is 11.1 Å². The first kappa shape index (κ1) is 20.4. The van der Waals surface area contributed by atoms with Crippen molar-refractivity contribution in [1.29, 1.82) is 0 Å². The Labute approximate surface area is 175 Å². The molecule has 28 heavy (non-hydrogen) atoms. The number of carbonyl (C=O) groups is 2. The van der Waals surface area contributed by atoms with Crippen molar-refractivity contribution in [3.8, 4) is 17.2 Å². The summed E-state index contributed by atoms with van der Waals surface area (Å²) in [6, 6.07) is 7.96. The van der Waals surface area contributed by atoms with E-state index in [9.17, 15) is 14.7 Å². The Kier molecular flexibility index (Phi) is 6.07. The first-order valence-corrected chi connectivity index (χ1v) is 9.55. The number of hydrogen-bond acceptors (Lipinski definition) is 6. The van der Waals surface area contributed by atoms with Gasteiger partial charge in [-0.25, -0.2) is 0 Å². The zero-order valence-corrected chi connectivity index (χ0v) is 17.2. The van der Waals surface area contributed by atoms with E-state index >= 15 is 0 Å². The summed E-state index contributed by atoms with van der Waals surface area (Å²) in [6.07, 6.45) is 1.54. The summed E-state index contributed by atoms with van der Waals surface area (Å²) in [7, 11) is 2.81. The third kappa shape index (κ3) is 4.06. The van der Waals surface area contributed by atoms with Crippen LogP contribution >= 0.6 is 35.0 Å². The SMILES string of the molecule is COc1cc(/C=C2/SC(=O)N(Cc3ccc(Cl)cc3Cl)C2=O)cc(OC)c1O. The molecule has 1 aliphatic rings. The van der Waals surface area contributed by atoms with Crippen LogP contribution in [-0.2, 0) is 11.3 Å². The molecule has 146 valence electrons. The van der Waals surface area contributed by atoms with Crippen LogP contribution in [0.15, 0.2) is 35.2 Å². The van der Waals surface area contributed by atoms with E-state index in [1.54, 1.807) is 36.4 Å². The zero-order valence-electron chi connectivity index (χ0n) is 14.9. The molecule has 0 bridgehead atoms. The van der Waals surface area contributed by atoms with Gasteiger partial charge in [-0.1, -0.05) is 29.3 Å². The minimum atomic E-state index is -0.438. The lowest BCUT2D eigenvalue weighted by Crippen LogP contribution is -2.27. The van der Waals surface area contributed by atoms with Crippen LogP contribution in [0.2, 0.25) is 10.0 Å². The lowest BCUT2D eigenvalue weighted by molar-refractivity contribution is -0.123. The molecular weight excluding hydrogens is 425 g/mol. The fraction of sp³-hybridized carbons (Fsp3) is 0.158. The van der Waals surface area contributed by atoms with Crippen molar-refractivity contribution in [2.24, 2.45) is 0 Å². The molecule has 1 N–H and O–H groups in total. The number of amides is 2. The fourth-order valence-corrected chi connectivity index (χ4v) is 3.91. The molecule has 1 fully saturated rings. The second-order valence-electron chi connectivity index (χ2n) is 5.78. The number of halogens is 2. The van der Waals surface area contributed by atoms with Crippen LogP contribution in [0.3, 0.4) is 0 Å². The van der Waals surface area contributed by atoms with Gasteiger partial charge in [-0.15, -0.1) is 0 Å². The van der Waals surface area contributed by atoms with E-state index in [-0.39, 0.29) is 28.7 Å². The normalized spacial score (nSPS) is 15.4. The lowest BCUT2D eigenvalue weighted by Gasteiger charge is -2.13. The molecule has 9 heteroatoms. The molecule has 2 aromatic carbocycles. The number of ether oxygens (including phenoxy) is 2. The van der Waals surface area contributed by atoms with Crippen LogP contribution in [0, 0.1) is 0 Å². The van der Waals surface area contributed by atoms with Crippen molar-refractivity contribution < 1.29 is 24.2 Å². The molecule has 0 atom stereocenters. The van der Waals surface area contributed by atoms with Crippen molar-refractivity contribution in [3.05, 3.63) is 56.4 Å². The number of thioether (sulfide) groups is 1. The number of methoxy groups -OCH3 is 2. The molecule has 2 amide bonds. The number of carbonyl (C=O) groups excluding carboxylic acids is 2. The highest BCUT2D eigenvalue weighted by Gasteiger charge is 2.35. The maximum absolute atomic E-state index is 12.7. The van der Waals surface area contributed by atoms with E-state index < -0.39 is 11.1 Å². The number of rotatable bonds is 5. The number of phenols is 1. The summed E-state index contributed by atoms with van der Waals surface area (Å²) in [4.78, 5) is 26.4. The first-order valence-electron chi connectivity index (χ1n) is 7.98. The number of phenolic OH excluding ortho intramolecular Hbond substituents is 1. The molecule has 2 aromatic rings. The smallest absolute Gasteiger partial charge is 0.293 e. The molecule has 1 heterocycles. The monoisotopic (exact) mass is 439 g/mol. The Morgan fingerprint density at radius 2 is 1.75 bits per heavy atom. The number of aromatic hydroxyl groups is 1. The summed E-state index contributed by atoms with van der Waals surface area (Å²) in [5, 5.41) is 10.4. The van der Waals surface area contributed by atoms with Crippen molar-refractivity contribution in [1.82, 2.24) is 4.90 Å². The van der Waals surface area contributed by atoms with Gasteiger partial charge in [0.15, 0.2) is 11.5 Å². The van der Waals surface area contributed by atoms with Crippen LogP contribution < -0.4 is 9.47 Å². The molecule has 0 spiro atoms. The summed E-state index contributed by atoms with van der Waals surface area (Å²) in [5.41, 5.74) is 1.16. The van der Waals surface area contributed by atoms with Gasteiger partial charge >= 0.3 is 0 Å². The summed E-state index contributed by atoms with van der Waals surface area (Å²) in [5.74, 6) is -0.199. The highest BCUT2D eigenvalue weighted by molar-refractivity contribution is 8.18. The fourth-order valence-electron chi connectivity index (χ4n) is 2.61. The van der Waals surface area contributed by atoms with Crippen molar-refractivity contribution in [3.63, 3.8) is 0 Å². The highest BCUT2D eigenvalue weighted by atomic mass is 35.5. The van der Waals surface area contributed by atoms with E-state index in [0.29, 0.717) is 21.2 Å². The summed E-state index contributed by atoms with van der Waals surface area (Å²) < 4.78 is 10.2. The molecule has 0 saturated carbocycles. The van der Waals surface area contributed by atoms with Gasteiger partial charge < -0.3 is 14.6 Å². The molecule has 6 nitrogen and oxygen atoms in total. The third-order valence-corrected chi connectivity index (χ3v) is 5.51. The zero-order chi connectivity index (χ0) is 20.4. The minimum absolute atomic E-state index is 0.0419. The predicted octanol–water partition coefficient (Wildman–Crippen LogP) is 4.95. The molecular formula is C19H15Cl2NO5S. The Morgan fingerprint density at radius 1 is 1.11 bits per heavy atom. The Hall–Kier alpha value is -2.35. The molecule has 0 radical (unpaired) electrons. The van der Waals surface area contributed by atoms with E-state index in [4.69, 9.17) is 32.7 Å². The van der Waals surface area contributed by atoms with Gasteiger partial charge in [0.05, 0.1) is 25.7 Å². The van der Waals surface area contributed by atoms with Gasteiger partial charge in [-0.2, -0.15) is 0 Å². The number of imide groups is 1. The summed E-state index contributed by atoms with van der Waals surface area (Å²) in [6.45, 7) is 0.0419. The van der Waals surface area contributed by atoms with Crippen LogP contribution in [0.5, 0.6) is 17.2 Å². The number of benzene rings is 2. The van der Waals surface area contributed by atoms with E-state index in [1.165, 1.54) is 14.2 Å². The first-order chi connectivity index (χ1) is 13.3. The van der Waals surface area contributed by atoms with Gasteiger partial charge in [0.1, 0.15) is 0 Å². The second-order valence-corrected chi connectivity index (χ2v) is 7.61. The molecule has 3 rings (SSSR count). The average molecular weight is 440 g/mol. The average Bonchev–Trinajstić information content (AvgIpc) is 2.92. The molecule has 1 aliphatic heterocycles. The molecule has 0 aromatic heterocycles. The largest absolute Gasteiger partial charge is 0.502 e. The van der Waals surface area contributed by atoms with Crippen molar-refractivity contribution in [2.75, 3.05) is 14.2 Å². The summed E-state index contributed by atoms with van der Waals surface area (Å²) >= 11 is 12.8. The van der Waals surface area contributed by atoms with Crippen LogP contribution in [0.25, 0.3) is 6.08 Å². The van der Waals surface area contributed by atoms with Gasteiger partial charge in [0.25, 0.3) is 11.1 Å². The lowest BCUT2D eigenvalue weighted by atomic mass is 10.1. The molecule has 0 aliphatic carbocycles. The van der Waals surface area contributed by atoms with Gasteiger partial charge in [0.2, 0.25) is 5.75 Å². The highest BCUT2D eigenvalue weighted by Crippen LogP contribution is 2.40. The van der Waals surface area contributed by atoms with E-state index in [2.05, 4.69) is 0 Å². The van der Waals surface area contributed by atoms with Gasteiger partial charge in [0, 0.05) is 10.0 Å². The second kappa shape index (κ2) is 8.34. The van der Waals surface area contributed by atoms with E-state index in [0.717, 1.165) is 16.7 Å². The topological polar surface area (TPSA) is 76.1 Å². The minimum Gasteiger partial charge on any atom is -0.502 e. The standard InChI is InChI=1S/C19H15Cl2NO5S/c1-26-14-5-10(6-15(27-2)17(14)23)7-16-18(24)22(19(25)28-16)9-11-3-4-12(20)8-13(11)21/h3-8,23H,9H2,1-2H3/b16-7+. The quantitative estimate of drug-likeness (QED) is 0.663. The number of nitrogens with zero attached hydrogens (tertiary/aromatic N) is 1. The maximum Gasteiger partial charge on any atom is 0.293 e. The third-order valence-electron chi connectivity index (χ3n) is 4.02. The van der Waals surface area contributed by atoms with Gasteiger partial charge in [-0.3, -0.25) is 14.5 Å². The Bertz CT molecular complexity index is 967. The Morgan fingerprint density at radius 3 is 2.32 bits per heavy atom. The van der Waals surface area contributed by atoms with Gasteiger partial charge in [-0.05, 0) is 53.2 Å². The van der Waals surface area contributed by atoms with Crippen molar-refractivity contribution >= 4 is 52.2 Å². The van der Waals surface area contributed by atoms with E-state index in [1.807, 2.05) is 0 Å². The van der Waals surface area contributed by atoms with Crippen LogP contribution in [-0.4, -0.2) is 35.4 Å². The van der Waals surface area contributed by atoms with Crippen LogP contribution in [0.4, 0.5) is 4.79 Å². The predicted molar refractivity (Wildman–Crippen MR) is 109 cm³/mol. The maximum atomic E-state index is 12.7. The molecule has 1 saturated heterocycles.